The predicted molar refractivity (Wildman–Crippen MR) is 107 cm³/mol. The zero-order valence-corrected chi connectivity index (χ0v) is 17.2. The average molecular weight is 382 g/mol. The lowest BCUT2D eigenvalue weighted by Gasteiger charge is -2.22. The molecule has 1 saturated heterocycles. The fourth-order valence-corrected chi connectivity index (χ4v) is 3.84. The molecule has 0 saturated carbocycles. The minimum atomic E-state index is -1.06. The first-order valence-corrected chi connectivity index (χ1v) is 11.2. The SMILES string of the molecule is CCCCCCCCCCCCCCCCC(C(=O)O)N1C(=O)CCC1=O. The van der Waals surface area contributed by atoms with Crippen LogP contribution in [0.25, 0.3) is 0 Å². The summed E-state index contributed by atoms with van der Waals surface area (Å²) in [6, 6.07) is -0.968. The van der Waals surface area contributed by atoms with Gasteiger partial charge >= 0.3 is 5.97 Å². The minimum absolute atomic E-state index is 0.154. The maximum absolute atomic E-state index is 11.7. The third-order valence-electron chi connectivity index (χ3n) is 5.52. The van der Waals surface area contributed by atoms with E-state index < -0.39 is 12.0 Å². The number of amides is 2. The van der Waals surface area contributed by atoms with E-state index in [-0.39, 0.29) is 24.7 Å². The molecule has 1 heterocycles. The highest BCUT2D eigenvalue weighted by Crippen LogP contribution is 2.20. The Labute approximate surface area is 164 Å². The number of carbonyl (C=O) groups is 3. The number of hydrogen-bond acceptors (Lipinski definition) is 3. The zero-order chi connectivity index (χ0) is 19.9. The Morgan fingerprint density at radius 3 is 1.52 bits per heavy atom. The molecule has 0 aromatic carbocycles. The van der Waals surface area contributed by atoms with Crippen molar-refractivity contribution in [1.29, 1.82) is 0 Å². The van der Waals surface area contributed by atoms with Crippen LogP contribution in [0.3, 0.4) is 0 Å². The van der Waals surface area contributed by atoms with Gasteiger partial charge in [-0.3, -0.25) is 14.5 Å². The van der Waals surface area contributed by atoms with Crippen LogP contribution in [-0.4, -0.2) is 33.8 Å². The first-order chi connectivity index (χ1) is 13.1. The van der Waals surface area contributed by atoms with Crippen LogP contribution in [0.15, 0.2) is 0 Å². The molecule has 0 spiro atoms. The number of carbonyl (C=O) groups excluding carboxylic acids is 2. The van der Waals surface area contributed by atoms with Crippen LogP contribution in [0, 0.1) is 0 Å². The Balaban J connectivity index is 1.98. The van der Waals surface area contributed by atoms with Crippen LogP contribution in [0.2, 0.25) is 0 Å². The fourth-order valence-electron chi connectivity index (χ4n) is 3.84. The molecule has 1 aliphatic rings. The smallest absolute Gasteiger partial charge is 0.326 e. The molecule has 2 amide bonds. The number of aliphatic carboxylic acids is 1. The van der Waals surface area contributed by atoms with E-state index in [2.05, 4.69) is 6.92 Å². The summed E-state index contributed by atoms with van der Waals surface area (Å²) < 4.78 is 0. The summed E-state index contributed by atoms with van der Waals surface area (Å²) >= 11 is 0. The van der Waals surface area contributed by atoms with Crippen LogP contribution in [0.5, 0.6) is 0 Å². The van der Waals surface area contributed by atoms with E-state index in [1.807, 2.05) is 0 Å². The van der Waals surface area contributed by atoms with Crippen LogP contribution >= 0.6 is 0 Å². The Morgan fingerprint density at radius 2 is 1.15 bits per heavy atom. The number of imide groups is 1. The molecule has 156 valence electrons. The van der Waals surface area contributed by atoms with Crippen LogP contribution in [0.1, 0.15) is 116 Å². The number of carboxylic acids is 1. The molecule has 27 heavy (non-hydrogen) atoms. The Hall–Kier alpha value is -1.39. The highest BCUT2D eigenvalue weighted by atomic mass is 16.4. The molecule has 1 aliphatic heterocycles. The summed E-state index contributed by atoms with van der Waals surface area (Å²) in [6.45, 7) is 2.25. The van der Waals surface area contributed by atoms with Gasteiger partial charge in [0.25, 0.3) is 0 Å². The summed E-state index contributed by atoms with van der Waals surface area (Å²) in [6.07, 6.45) is 18.1. The molecule has 5 nitrogen and oxygen atoms in total. The first kappa shape index (κ1) is 23.6. The average Bonchev–Trinajstić information content (AvgIpc) is 2.97. The normalized spacial score (nSPS) is 15.5. The van der Waals surface area contributed by atoms with Gasteiger partial charge < -0.3 is 5.11 Å². The highest BCUT2D eigenvalue weighted by molar-refractivity contribution is 6.04. The van der Waals surface area contributed by atoms with Crippen molar-refractivity contribution in [2.75, 3.05) is 0 Å². The Kier molecular flexibility index (Phi) is 12.8. The summed E-state index contributed by atoms with van der Waals surface area (Å²) in [7, 11) is 0. The van der Waals surface area contributed by atoms with Gasteiger partial charge in [0, 0.05) is 12.8 Å². The second kappa shape index (κ2) is 14.6. The maximum atomic E-state index is 11.7. The van der Waals surface area contributed by atoms with Gasteiger partial charge in [-0.1, -0.05) is 96.8 Å². The van der Waals surface area contributed by atoms with E-state index in [1.165, 1.54) is 70.6 Å². The molecule has 0 aromatic rings. The summed E-state index contributed by atoms with van der Waals surface area (Å²) in [5.41, 5.74) is 0. The quantitative estimate of drug-likeness (QED) is 0.268. The molecule has 1 atom stereocenters. The number of rotatable bonds is 17. The summed E-state index contributed by atoms with van der Waals surface area (Å²) in [5.74, 6) is -1.73. The zero-order valence-electron chi connectivity index (χ0n) is 17.2. The van der Waals surface area contributed by atoms with Crippen molar-refractivity contribution >= 4 is 17.8 Å². The van der Waals surface area contributed by atoms with Gasteiger partial charge in [-0.15, -0.1) is 0 Å². The minimum Gasteiger partial charge on any atom is -0.480 e. The Bertz CT molecular complexity index is 434. The number of nitrogens with zero attached hydrogens (tertiary/aromatic N) is 1. The first-order valence-electron chi connectivity index (χ1n) is 11.2. The Morgan fingerprint density at radius 1 is 0.778 bits per heavy atom. The van der Waals surface area contributed by atoms with Crippen molar-refractivity contribution in [2.24, 2.45) is 0 Å². The largest absolute Gasteiger partial charge is 0.480 e. The molecule has 0 aliphatic carbocycles. The fraction of sp³-hybridized carbons (Fsp3) is 0.864. The lowest BCUT2D eigenvalue weighted by atomic mass is 10.0. The molecule has 5 heteroatoms. The lowest BCUT2D eigenvalue weighted by Crippen LogP contribution is -2.44. The van der Waals surface area contributed by atoms with Gasteiger partial charge in [-0.05, 0) is 6.42 Å². The number of hydrogen-bond donors (Lipinski definition) is 1. The highest BCUT2D eigenvalue weighted by Gasteiger charge is 2.38. The number of carboxylic acid groups (broad SMARTS) is 1. The third kappa shape index (κ3) is 9.92. The molecule has 0 aromatic heterocycles. The molecule has 1 rings (SSSR count). The number of unbranched alkanes of at least 4 members (excludes halogenated alkanes) is 13. The standard InChI is InChI=1S/C22H39NO4/c1-2-3-4-5-6-7-8-9-10-11-12-13-14-15-16-19(22(26)27)23-20(24)17-18-21(23)25/h19H,2-18H2,1H3,(H,26,27). The van der Waals surface area contributed by atoms with Gasteiger partial charge in [0.15, 0.2) is 0 Å². The molecule has 0 radical (unpaired) electrons. The summed E-state index contributed by atoms with van der Waals surface area (Å²) in [5, 5.41) is 9.33. The van der Waals surface area contributed by atoms with E-state index in [4.69, 9.17) is 0 Å². The van der Waals surface area contributed by atoms with Crippen molar-refractivity contribution in [2.45, 2.75) is 122 Å². The van der Waals surface area contributed by atoms with Crippen molar-refractivity contribution in [3.63, 3.8) is 0 Å². The van der Waals surface area contributed by atoms with Gasteiger partial charge in [-0.25, -0.2) is 4.79 Å². The topological polar surface area (TPSA) is 74.7 Å². The molecule has 1 fully saturated rings. The number of likely N-dealkylation sites (tertiary alicyclic amines) is 1. The van der Waals surface area contributed by atoms with Crippen LogP contribution < -0.4 is 0 Å². The van der Waals surface area contributed by atoms with Crippen molar-refractivity contribution in [3.8, 4) is 0 Å². The second-order valence-electron chi connectivity index (χ2n) is 7.90. The molecular formula is C22H39NO4. The van der Waals surface area contributed by atoms with Gasteiger partial charge in [0.05, 0.1) is 0 Å². The predicted octanol–water partition coefficient (Wildman–Crippen LogP) is 5.46. The second-order valence-corrected chi connectivity index (χ2v) is 7.90. The molecule has 0 bridgehead atoms. The third-order valence-corrected chi connectivity index (χ3v) is 5.52. The van der Waals surface area contributed by atoms with E-state index >= 15 is 0 Å². The van der Waals surface area contributed by atoms with Gasteiger partial charge in [-0.2, -0.15) is 0 Å². The maximum Gasteiger partial charge on any atom is 0.326 e. The monoisotopic (exact) mass is 381 g/mol. The van der Waals surface area contributed by atoms with E-state index in [9.17, 15) is 19.5 Å². The van der Waals surface area contributed by atoms with Crippen molar-refractivity contribution < 1.29 is 19.5 Å². The summed E-state index contributed by atoms with van der Waals surface area (Å²) in [4.78, 5) is 35.8. The molecule has 1 unspecified atom stereocenters. The van der Waals surface area contributed by atoms with Crippen LogP contribution in [-0.2, 0) is 14.4 Å². The van der Waals surface area contributed by atoms with E-state index in [0.717, 1.165) is 24.2 Å². The van der Waals surface area contributed by atoms with Crippen LogP contribution in [0.4, 0.5) is 0 Å². The molecular weight excluding hydrogens is 342 g/mol. The lowest BCUT2D eigenvalue weighted by molar-refractivity contribution is -0.154. The van der Waals surface area contributed by atoms with Crippen molar-refractivity contribution in [1.82, 2.24) is 4.90 Å². The van der Waals surface area contributed by atoms with Gasteiger partial charge in [0.2, 0.25) is 11.8 Å². The van der Waals surface area contributed by atoms with Crippen molar-refractivity contribution in [3.05, 3.63) is 0 Å². The van der Waals surface area contributed by atoms with E-state index in [0.29, 0.717) is 6.42 Å². The van der Waals surface area contributed by atoms with E-state index in [1.54, 1.807) is 0 Å². The van der Waals surface area contributed by atoms with Gasteiger partial charge in [0.1, 0.15) is 6.04 Å². The molecule has 1 N–H and O–H groups in total.